The summed E-state index contributed by atoms with van der Waals surface area (Å²) in [6, 6.07) is 0.0998. The number of aliphatic hydroxyl groups excluding tert-OH is 1. The van der Waals surface area contributed by atoms with Crippen LogP contribution in [0, 0.1) is 5.92 Å². The number of hydrogen-bond donors (Lipinski definition) is 2. The Balaban J connectivity index is 2.42. The molecule has 0 aromatic rings. The number of carboxylic acid groups (broad SMARTS) is 1. The van der Waals surface area contributed by atoms with Crippen LogP contribution < -0.4 is 0 Å². The average Bonchev–Trinajstić information content (AvgIpc) is 2.04. The quantitative estimate of drug-likeness (QED) is 0.681. The summed E-state index contributed by atoms with van der Waals surface area (Å²) >= 11 is 0. The average molecular weight is 187 g/mol. The molecule has 0 unspecified atom stereocenters. The van der Waals surface area contributed by atoms with Gasteiger partial charge in [-0.05, 0) is 32.1 Å². The fourth-order valence-electron chi connectivity index (χ4n) is 2.00. The molecule has 1 saturated heterocycles. The van der Waals surface area contributed by atoms with Gasteiger partial charge >= 0.3 is 6.09 Å². The van der Waals surface area contributed by atoms with Crippen LogP contribution in [0.1, 0.15) is 26.2 Å². The third-order valence-corrected chi connectivity index (χ3v) is 2.77. The van der Waals surface area contributed by atoms with E-state index < -0.39 is 6.09 Å². The van der Waals surface area contributed by atoms with Crippen molar-refractivity contribution in [3.05, 3.63) is 0 Å². The predicted octanol–water partition coefficient (Wildman–Crippen LogP) is 1.15. The van der Waals surface area contributed by atoms with Crippen molar-refractivity contribution in [3.63, 3.8) is 0 Å². The summed E-state index contributed by atoms with van der Waals surface area (Å²) in [5, 5.41) is 17.6. The molecule has 1 amide bonds. The van der Waals surface area contributed by atoms with Crippen LogP contribution in [0.25, 0.3) is 0 Å². The third kappa shape index (κ3) is 2.59. The first-order valence-electron chi connectivity index (χ1n) is 4.75. The molecule has 1 fully saturated rings. The summed E-state index contributed by atoms with van der Waals surface area (Å²) in [6.45, 7) is 2.75. The summed E-state index contributed by atoms with van der Waals surface area (Å²) in [4.78, 5) is 12.2. The number of aliphatic hydroxyl groups is 1. The smallest absolute Gasteiger partial charge is 0.407 e. The second-order valence-corrected chi connectivity index (χ2v) is 3.73. The molecule has 4 nitrogen and oxygen atoms in total. The molecule has 0 aromatic heterocycles. The van der Waals surface area contributed by atoms with Gasteiger partial charge in [0.2, 0.25) is 0 Å². The van der Waals surface area contributed by atoms with E-state index in [9.17, 15) is 4.79 Å². The Kier molecular flexibility index (Phi) is 3.54. The molecule has 1 heterocycles. The van der Waals surface area contributed by atoms with Gasteiger partial charge in [-0.15, -0.1) is 0 Å². The summed E-state index contributed by atoms with van der Waals surface area (Å²) in [5.74, 6) is 0.496. The Morgan fingerprint density at radius 3 is 2.77 bits per heavy atom. The molecule has 0 aromatic carbocycles. The summed E-state index contributed by atoms with van der Waals surface area (Å²) in [5.41, 5.74) is 0. The molecule has 2 N–H and O–H groups in total. The number of carbonyl (C=O) groups is 1. The highest BCUT2D eigenvalue weighted by Crippen LogP contribution is 2.24. The summed E-state index contributed by atoms with van der Waals surface area (Å²) in [7, 11) is 0. The van der Waals surface area contributed by atoms with Crippen LogP contribution in [-0.2, 0) is 0 Å². The molecule has 4 heteroatoms. The van der Waals surface area contributed by atoms with Crippen molar-refractivity contribution in [2.24, 2.45) is 5.92 Å². The highest BCUT2D eigenvalue weighted by molar-refractivity contribution is 5.65. The molecular formula is C9H17NO3. The van der Waals surface area contributed by atoms with Gasteiger partial charge < -0.3 is 15.1 Å². The zero-order valence-corrected chi connectivity index (χ0v) is 7.94. The lowest BCUT2D eigenvalue weighted by molar-refractivity contribution is 0.0896. The van der Waals surface area contributed by atoms with Gasteiger partial charge in [-0.1, -0.05) is 0 Å². The van der Waals surface area contributed by atoms with Gasteiger partial charge in [0, 0.05) is 19.2 Å². The lowest BCUT2D eigenvalue weighted by Crippen LogP contribution is -2.43. The number of likely N-dealkylation sites (tertiary alicyclic amines) is 1. The number of amides is 1. The maximum Gasteiger partial charge on any atom is 0.407 e. The van der Waals surface area contributed by atoms with E-state index >= 15 is 0 Å². The normalized spacial score (nSPS) is 28.9. The standard InChI is InChI=1S/C9H17NO3/c1-7-6-8(3-5-11)2-4-10(7)9(12)13/h7-8,11H,2-6H2,1H3,(H,12,13)/t7-,8-/m1/s1. The van der Waals surface area contributed by atoms with Gasteiger partial charge in [0.05, 0.1) is 0 Å². The number of hydrogen-bond acceptors (Lipinski definition) is 2. The van der Waals surface area contributed by atoms with Crippen molar-refractivity contribution < 1.29 is 15.0 Å². The van der Waals surface area contributed by atoms with Crippen molar-refractivity contribution in [2.45, 2.75) is 32.2 Å². The Labute approximate surface area is 78.2 Å². The molecule has 1 aliphatic heterocycles. The first kappa shape index (κ1) is 10.3. The first-order valence-corrected chi connectivity index (χ1v) is 4.75. The van der Waals surface area contributed by atoms with Crippen molar-refractivity contribution >= 4 is 6.09 Å². The molecule has 1 aliphatic rings. The second kappa shape index (κ2) is 4.46. The number of piperidine rings is 1. The second-order valence-electron chi connectivity index (χ2n) is 3.73. The summed E-state index contributed by atoms with van der Waals surface area (Å²) in [6.07, 6.45) is 1.75. The van der Waals surface area contributed by atoms with Crippen molar-refractivity contribution in [1.82, 2.24) is 4.90 Å². The zero-order valence-electron chi connectivity index (χ0n) is 7.94. The van der Waals surface area contributed by atoms with Gasteiger partial charge in [0.25, 0.3) is 0 Å². The van der Waals surface area contributed by atoms with Gasteiger partial charge in [0.1, 0.15) is 0 Å². The van der Waals surface area contributed by atoms with Crippen molar-refractivity contribution in [1.29, 1.82) is 0 Å². The van der Waals surface area contributed by atoms with Crippen LogP contribution in [0.5, 0.6) is 0 Å². The van der Waals surface area contributed by atoms with Gasteiger partial charge in [-0.3, -0.25) is 0 Å². The van der Waals surface area contributed by atoms with E-state index in [1.54, 1.807) is 0 Å². The monoisotopic (exact) mass is 187 g/mol. The van der Waals surface area contributed by atoms with Crippen LogP contribution in [0.2, 0.25) is 0 Å². The molecule has 0 saturated carbocycles. The molecule has 1 rings (SSSR count). The fraction of sp³-hybridized carbons (Fsp3) is 0.889. The van der Waals surface area contributed by atoms with E-state index in [-0.39, 0.29) is 12.6 Å². The SMILES string of the molecule is C[C@@H]1C[C@@H](CCO)CCN1C(=O)O. The van der Waals surface area contributed by atoms with E-state index in [1.165, 1.54) is 4.90 Å². The van der Waals surface area contributed by atoms with Crippen LogP contribution in [0.4, 0.5) is 4.79 Å². The van der Waals surface area contributed by atoms with Crippen LogP contribution >= 0.6 is 0 Å². The van der Waals surface area contributed by atoms with Crippen molar-refractivity contribution in [3.8, 4) is 0 Å². The lowest BCUT2D eigenvalue weighted by Gasteiger charge is -2.35. The molecule has 76 valence electrons. The summed E-state index contributed by atoms with van der Waals surface area (Å²) < 4.78 is 0. The maximum atomic E-state index is 10.7. The van der Waals surface area contributed by atoms with Crippen molar-refractivity contribution in [2.75, 3.05) is 13.2 Å². The largest absolute Gasteiger partial charge is 0.465 e. The minimum Gasteiger partial charge on any atom is -0.465 e. The topological polar surface area (TPSA) is 60.8 Å². The van der Waals surface area contributed by atoms with Gasteiger partial charge in [-0.25, -0.2) is 4.79 Å². The van der Waals surface area contributed by atoms with Crippen LogP contribution in [0.3, 0.4) is 0 Å². The van der Waals surface area contributed by atoms with Gasteiger partial charge in [-0.2, -0.15) is 0 Å². The fourth-order valence-corrected chi connectivity index (χ4v) is 2.00. The Hall–Kier alpha value is -0.770. The molecule has 0 radical (unpaired) electrons. The first-order chi connectivity index (χ1) is 6.15. The van der Waals surface area contributed by atoms with E-state index in [1.807, 2.05) is 6.92 Å². The zero-order chi connectivity index (χ0) is 9.84. The molecule has 13 heavy (non-hydrogen) atoms. The lowest BCUT2D eigenvalue weighted by atomic mass is 9.89. The molecule has 2 atom stereocenters. The minimum absolute atomic E-state index is 0.0998. The molecule has 0 bridgehead atoms. The Bertz CT molecular complexity index is 184. The van der Waals surface area contributed by atoms with E-state index in [2.05, 4.69) is 0 Å². The van der Waals surface area contributed by atoms with Crippen LogP contribution in [0.15, 0.2) is 0 Å². The van der Waals surface area contributed by atoms with Crippen LogP contribution in [-0.4, -0.2) is 40.4 Å². The highest BCUT2D eigenvalue weighted by Gasteiger charge is 2.27. The number of nitrogens with zero attached hydrogens (tertiary/aromatic N) is 1. The minimum atomic E-state index is -0.824. The van der Waals surface area contributed by atoms with Gasteiger partial charge in [0.15, 0.2) is 0 Å². The molecule has 0 aliphatic carbocycles. The number of rotatable bonds is 2. The van der Waals surface area contributed by atoms with E-state index in [0.29, 0.717) is 12.5 Å². The predicted molar refractivity (Wildman–Crippen MR) is 48.6 cm³/mol. The van der Waals surface area contributed by atoms with E-state index in [4.69, 9.17) is 10.2 Å². The Morgan fingerprint density at radius 2 is 2.31 bits per heavy atom. The molecular weight excluding hydrogens is 170 g/mol. The Morgan fingerprint density at radius 1 is 1.62 bits per heavy atom. The maximum absolute atomic E-state index is 10.7. The van der Waals surface area contributed by atoms with E-state index in [0.717, 1.165) is 19.3 Å². The highest BCUT2D eigenvalue weighted by atomic mass is 16.4. The molecule has 0 spiro atoms. The third-order valence-electron chi connectivity index (χ3n) is 2.77.